The van der Waals surface area contributed by atoms with Gasteiger partial charge >= 0.3 is 0 Å². The van der Waals surface area contributed by atoms with Gasteiger partial charge in [-0.3, -0.25) is 0 Å². The van der Waals surface area contributed by atoms with Gasteiger partial charge in [-0.15, -0.1) is 0 Å². The normalized spacial score (nSPS) is 13.3. The summed E-state index contributed by atoms with van der Waals surface area (Å²) in [5, 5.41) is 3.62. The van der Waals surface area contributed by atoms with Crippen LogP contribution in [0, 0.1) is 0 Å². The molecule has 0 saturated carbocycles. The van der Waals surface area contributed by atoms with Crippen LogP contribution in [0.3, 0.4) is 0 Å². The average molecular weight is 285 g/mol. The highest BCUT2D eigenvalue weighted by Crippen LogP contribution is 2.25. The van der Waals surface area contributed by atoms with E-state index in [0.29, 0.717) is 6.04 Å². The molecule has 0 radical (unpaired) electrons. The van der Waals surface area contributed by atoms with E-state index >= 15 is 0 Å². The first-order chi connectivity index (χ1) is 10.0. The van der Waals surface area contributed by atoms with Crippen molar-refractivity contribution in [3.8, 4) is 0 Å². The van der Waals surface area contributed by atoms with E-state index in [9.17, 15) is 0 Å². The Balaban J connectivity index is 2.15. The molecule has 21 heavy (non-hydrogen) atoms. The van der Waals surface area contributed by atoms with Crippen LogP contribution in [-0.4, -0.2) is 6.54 Å². The van der Waals surface area contributed by atoms with Gasteiger partial charge < -0.3 is 9.73 Å². The Morgan fingerprint density at radius 2 is 1.81 bits per heavy atom. The lowest BCUT2D eigenvalue weighted by Gasteiger charge is -2.22. The van der Waals surface area contributed by atoms with Gasteiger partial charge in [0.2, 0.25) is 0 Å². The minimum Gasteiger partial charge on any atom is -0.469 e. The van der Waals surface area contributed by atoms with Gasteiger partial charge in [-0.25, -0.2) is 0 Å². The second-order valence-corrected chi connectivity index (χ2v) is 6.66. The second kappa shape index (κ2) is 6.95. The molecule has 1 heterocycles. The van der Waals surface area contributed by atoms with Crippen molar-refractivity contribution >= 4 is 0 Å². The van der Waals surface area contributed by atoms with E-state index in [0.717, 1.165) is 25.1 Å². The number of benzene rings is 1. The third kappa shape index (κ3) is 4.47. The number of hydrogen-bond donors (Lipinski definition) is 1. The lowest BCUT2D eigenvalue weighted by molar-refractivity contribution is 0.449. The van der Waals surface area contributed by atoms with Crippen LogP contribution < -0.4 is 5.32 Å². The van der Waals surface area contributed by atoms with Crippen LogP contribution in [0.4, 0.5) is 0 Å². The molecule has 0 aliphatic carbocycles. The van der Waals surface area contributed by atoms with Gasteiger partial charge in [0.1, 0.15) is 5.76 Å². The average Bonchev–Trinajstić information content (AvgIpc) is 2.95. The van der Waals surface area contributed by atoms with Gasteiger partial charge in [0.05, 0.1) is 6.26 Å². The maximum atomic E-state index is 5.50. The quantitative estimate of drug-likeness (QED) is 0.820. The number of furan rings is 1. The Morgan fingerprint density at radius 1 is 1.10 bits per heavy atom. The molecule has 2 heteroatoms. The van der Waals surface area contributed by atoms with Gasteiger partial charge in [-0.2, -0.15) is 0 Å². The van der Waals surface area contributed by atoms with E-state index in [-0.39, 0.29) is 5.41 Å². The van der Waals surface area contributed by atoms with E-state index < -0.39 is 0 Å². The maximum absolute atomic E-state index is 5.50. The Labute approximate surface area is 128 Å². The molecular formula is C19H27NO. The lowest BCUT2D eigenvalue weighted by atomic mass is 9.86. The summed E-state index contributed by atoms with van der Waals surface area (Å²) in [4.78, 5) is 0. The topological polar surface area (TPSA) is 25.2 Å². The third-order valence-electron chi connectivity index (χ3n) is 3.81. The summed E-state index contributed by atoms with van der Waals surface area (Å²) in [5.41, 5.74) is 2.90. The largest absolute Gasteiger partial charge is 0.469 e. The van der Waals surface area contributed by atoms with Gasteiger partial charge in [-0.1, -0.05) is 52.0 Å². The summed E-state index contributed by atoms with van der Waals surface area (Å²) in [6.45, 7) is 9.96. The summed E-state index contributed by atoms with van der Waals surface area (Å²) < 4.78 is 5.50. The van der Waals surface area contributed by atoms with Crippen LogP contribution in [-0.2, 0) is 11.8 Å². The van der Waals surface area contributed by atoms with Crippen LogP contribution in [0.5, 0.6) is 0 Å². The predicted octanol–water partition coefficient (Wildman–Crippen LogP) is 4.86. The molecule has 1 N–H and O–H groups in total. The molecular weight excluding hydrogens is 258 g/mol. The number of nitrogens with one attached hydrogen (secondary N) is 1. The highest BCUT2D eigenvalue weighted by Gasteiger charge is 2.16. The zero-order valence-electron chi connectivity index (χ0n) is 13.6. The molecule has 0 aliphatic heterocycles. The highest BCUT2D eigenvalue weighted by atomic mass is 16.3. The zero-order valence-corrected chi connectivity index (χ0v) is 13.6. The van der Waals surface area contributed by atoms with Crippen molar-refractivity contribution in [3.63, 3.8) is 0 Å². The first kappa shape index (κ1) is 15.8. The monoisotopic (exact) mass is 285 g/mol. The van der Waals surface area contributed by atoms with Crippen molar-refractivity contribution in [3.05, 3.63) is 59.5 Å². The fourth-order valence-electron chi connectivity index (χ4n) is 2.47. The molecule has 2 aromatic rings. The molecule has 1 unspecified atom stereocenters. The van der Waals surface area contributed by atoms with Crippen LogP contribution >= 0.6 is 0 Å². The summed E-state index contributed by atoms with van der Waals surface area (Å²) in [7, 11) is 0. The minimum absolute atomic E-state index is 0.200. The summed E-state index contributed by atoms with van der Waals surface area (Å²) >= 11 is 0. The number of hydrogen-bond acceptors (Lipinski definition) is 2. The van der Waals surface area contributed by atoms with Crippen molar-refractivity contribution < 1.29 is 4.42 Å². The van der Waals surface area contributed by atoms with Gasteiger partial charge in [0.15, 0.2) is 0 Å². The Hall–Kier alpha value is -1.54. The van der Waals surface area contributed by atoms with Crippen LogP contribution in [0.2, 0.25) is 0 Å². The van der Waals surface area contributed by atoms with Crippen LogP contribution in [0.1, 0.15) is 57.0 Å². The molecule has 114 valence electrons. The highest BCUT2D eigenvalue weighted by molar-refractivity contribution is 5.29. The Bertz CT molecular complexity index is 520. The van der Waals surface area contributed by atoms with Crippen molar-refractivity contribution in [1.29, 1.82) is 0 Å². The first-order valence-electron chi connectivity index (χ1n) is 7.87. The first-order valence-corrected chi connectivity index (χ1v) is 7.87. The predicted molar refractivity (Wildman–Crippen MR) is 88.6 cm³/mol. The third-order valence-corrected chi connectivity index (χ3v) is 3.81. The summed E-state index contributed by atoms with van der Waals surface area (Å²) in [5.74, 6) is 1.03. The Morgan fingerprint density at radius 3 is 2.33 bits per heavy atom. The van der Waals surface area contributed by atoms with E-state index in [4.69, 9.17) is 4.42 Å². The van der Waals surface area contributed by atoms with Crippen LogP contribution in [0.25, 0.3) is 0 Å². The molecule has 2 rings (SSSR count). The molecule has 0 aliphatic rings. The second-order valence-electron chi connectivity index (χ2n) is 6.66. The van der Waals surface area contributed by atoms with E-state index in [1.165, 1.54) is 11.1 Å². The molecule has 0 spiro atoms. The van der Waals surface area contributed by atoms with Crippen molar-refractivity contribution in [2.24, 2.45) is 0 Å². The molecule has 1 aromatic heterocycles. The van der Waals surface area contributed by atoms with Crippen LogP contribution in [0.15, 0.2) is 47.1 Å². The summed E-state index contributed by atoms with van der Waals surface area (Å²) in [6, 6.07) is 13.3. The van der Waals surface area contributed by atoms with Crippen molar-refractivity contribution in [2.75, 3.05) is 6.54 Å². The zero-order chi connectivity index (χ0) is 15.3. The molecule has 0 fully saturated rings. The van der Waals surface area contributed by atoms with Crippen molar-refractivity contribution in [1.82, 2.24) is 5.32 Å². The fraction of sp³-hybridized carbons (Fsp3) is 0.474. The van der Waals surface area contributed by atoms with Gasteiger partial charge in [0, 0.05) is 12.5 Å². The van der Waals surface area contributed by atoms with E-state index in [1.807, 2.05) is 12.1 Å². The lowest BCUT2D eigenvalue weighted by Crippen LogP contribution is -2.24. The summed E-state index contributed by atoms with van der Waals surface area (Å²) in [6.07, 6.45) is 3.77. The fourth-order valence-corrected chi connectivity index (χ4v) is 2.47. The van der Waals surface area contributed by atoms with Gasteiger partial charge in [-0.05, 0) is 41.6 Å². The molecule has 1 aromatic carbocycles. The molecule has 0 saturated heterocycles. The maximum Gasteiger partial charge on any atom is 0.105 e. The molecule has 1 atom stereocenters. The SMILES string of the molecule is CCCNC(Cc1ccco1)c1ccc(C(C)(C)C)cc1. The standard InChI is InChI=1S/C19H27NO/c1-5-12-20-18(14-17-7-6-13-21-17)15-8-10-16(11-9-15)19(2,3)4/h6-11,13,18,20H,5,12,14H2,1-4H3. The molecule has 2 nitrogen and oxygen atoms in total. The van der Waals surface area contributed by atoms with E-state index in [1.54, 1.807) is 6.26 Å². The molecule has 0 bridgehead atoms. The molecule has 0 amide bonds. The minimum atomic E-state index is 0.200. The smallest absolute Gasteiger partial charge is 0.105 e. The number of rotatable bonds is 6. The Kier molecular flexibility index (Phi) is 5.24. The van der Waals surface area contributed by atoms with Gasteiger partial charge in [0.25, 0.3) is 0 Å². The van der Waals surface area contributed by atoms with Crippen molar-refractivity contribution in [2.45, 2.75) is 52.0 Å². The van der Waals surface area contributed by atoms with E-state index in [2.05, 4.69) is 57.3 Å².